The number of ether oxygens (including phenoxy) is 10. The Hall–Kier alpha value is -7.36. The highest BCUT2D eigenvalue weighted by Gasteiger charge is 2.51. The van der Waals surface area contributed by atoms with E-state index in [9.17, 15) is 19.2 Å². The SMILES string of the molecule is COc1ccc(C(=O)Oc2ccc(-c3ccc(C(=O)OC4COC5C(OC(=O)c6ccc(-c7ccc(OC(=O)c8ccc(OCCCOCC9(C)CO9)cc8)cc7)cc6)COC45)cc3)cc2)cc1. The first-order valence-corrected chi connectivity index (χ1v) is 22.2. The Morgan fingerprint density at radius 2 is 0.868 bits per heavy atom. The zero-order valence-corrected chi connectivity index (χ0v) is 37.3. The number of rotatable bonds is 18. The van der Waals surface area contributed by atoms with Crippen molar-refractivity contribution >= 4 is 23.9 Å². The average molecular weight is 921 g/mol. The van der Waals surface area contributed by atoms with E-state index in [0.717, 1.165) is 35.3 Å². The van der Waals surface area contributed by atoms with Crippen LogP contribution in [0.2, 0.25) is 0 Å². The number of carbonyl (C=O) groups is 4. The van der Waals surface area contributed by atoms with Gasteiger partial charge in [0.1, 0.15) is 40.8 Å². The van der Waals surface area contributed by atoms with Gasteiger partial charge in [0.25, 0.3) is 0 Å². The zero-order valence-electron chi connectivity index (χ0n) is 37.3. The third-order valence-electron chi connectivity index (χ3n) is 11.7. The molecule has 68 heavy (non-hydrogen) atoms. The number of fused-ring (bicyclic) bond motifs is 1. The van der Waals surface area contributed by atoms with Gasteiger partial charge in [0.15, 0.2) is 12.2 Å². The molecule has 0 saturated carbocycles. The number of methoxy groups -OCH3 is 1. The summed E-state index contributed by atoms with van der Waals surface area (Å²) in [5.74, 6) is 0.0116. The molecule has 6 aromatic carbocycles. The minimum Gasteiger partial charge on any atom is -0.497 e. The summed E-state index contributed by atoms with van der Waals surface area (Å²) in [6, 6.07) is 41.5. The van der Waals surface area contributed by atoms with E-state index >= 15 is 0 Å². The van der Waals surface area contributed by atoms with Crippen molar-refractivity contribution < 1.29 is 66.5 Å². The normalized spacial score (nSPS) is 20.1. The van der Waals surface area contributed by atoms with Crippen molar-refractivity contribution in [2.24, 2.45) is 0 Å². The third-order valence-corrected chi connectivity index (χ3v) is 11.7. The topological polar surface area (TPSA) is 164 Å². The first kappa shape index (κ1) is 45.8. The van der Waals surface area contributed by atoms with Crippen LogP contribution >= 0.6 is 0 Å². The van der Waals surface area contributed by atoms with Crippen molar-refractivity contribution in [1.82, 2.24) is 0 Å². The van der Waals surface area contributed by atoms with Gasteiger partial charge < -0.3 is 47.4 Å². The monoisotopic (exact) mass is 920 g/mol. The lowest BCUT2D eigenvalue weighted by molar-refractivity contribution is -0.0287. The number of carbonyl (C=O) groups excluding carboxylic acids is 4. The summed E-state index contributed by atoms with van der Waals surface area (Å²) in [6.45, 7) is 4.59. The van der Waals surface area contributed by atoms with Gasteiger partial charge in [0, 0.05) is 13.0 Å². The van der Waals surface area contributed by atoms with E-state index in [2.05, 4.69) is 0 Å². The lowest BCUT2D eigenvalue weighted by atomic mass is 10.0. The summed E-state index contributed by atoms with van der Waals surface area (Å²) in [6.07, 6.45) is -1.85. The molecular weight excluding hydrogens is 873 g/mol. The van der Waals surface area contributed by atoms with Gasteiger partial charge in [0.05, 0.1) is 62.4 Å². The Morgan fingerprint density at radius 3 is 1.28 bits per heavy atom. The second kappa shape index (κ2) is 20.7. The summed E-state index contributed by atoms with van der Waals surface area (Å²) >= 11 is 0. The van der Waals surface area contributed by atoms with Crippen LogP contribution in [0.5, 0.6) is 23.0 Å². The van der Waals surface area contributed by atoms with Crippen LogP contribution in [0.3, 0.4) is 0 Å². The molecule has 3 aliphatic heterocycles. The highest BCUT2D eigenvalue weighted by Crippen LogP contribution is 2.33. The predicted octanol–water partition coefficient (Wildman–Crippen LogP) is 8.59. The molecule has 3 fully saturated rings. The largest absolute Gasteiger partial charge is 0.497 e. The zero-order chi connectivity index (χ0) is 47.0. The Bertz CT molecular complexity index is 2700. The van der Waals surface area contributed by atoms with Gasteiger partial charge in [-0.25, -0.2) is 19.2 Å². The molecule has 3 saturated heterocycles. The van der Waals surface area contributed by atoms with Crippen LogP contribution in [0.25, 0.3) is 22.3 Å². The molecule has 0 aromatic heterocycles. The molecule has 14 nitrogen and oxygen atoms in total. The van der Waals surface area contributed by atoms with E-state index in [1.165, 1.54) is 0 Å². The maximum atomic E-state index is 13.2. The van der Waals surface area contributed by atoms with E-state index in [-0.39, 0.29) is 18.8 Å². The summed E-state index contributed by atoms with van der Waals surface area (Å²) in [4.78, 5) is 51.8. The maximum absolute atomic E-state index is 13.2. The quantitative estimate of drug-likeness (QED) is 0.0348. The molecule has 0 N–H and O–H groups in total. The van der Waals surface area contributed by atoms with Crippen LogP contribution in [0.4, 0.5) is 0 Å². The van der Waals surface area contributed by atoms with E-state index in [1.54, 1.807) is 128 Å². The molecule has 0 spiro atoms. The highest BCUT2D eigenvalue weighted by molar-refractivity contribution is 5.93. The molecule has 9 rings (SSSR count). The van der Waals surface area contributed by atoms with Gasteiger partial charge in [-0.15, -0.1) is 0 Å². The lowest BCUT2D eigenvalue weighted by Gasteiger charge is -2.17. The van der Waals surface area contributed by atoms with E-state index in [0.29, 0.717) is 65.1 Å². The third kappa shape index (κ3) is 11.2. The fourth-order valence-electron chi connectivity index (χ4n) is 7.66. The molecule has 3 heterocycles. The Balaban J connectivity index is 0.702. The van der Waals surface area contributed by atoms with E-state index in [4.69, 9.17) is 47.4 Å². The van der Waals surface area contributed by atoms with Crippen LogP contribution in [0.1, 0.15) is 54.8 Å². The summed E-state index contributed by atoms with van der Waals surface area (Å²) in [5, 5.41) is 0. The molecule has 0 amide bonds. The van der Waals surface area contributed by atoms with Crippen molar-refractivity contribution in [3.05, 3.63) is 168 Å². The molecule has 0 aliphatic carbocycles. The van der Waals surface area contributed by atoms with Crippen molar-refractivity contribution in [1.29, 1.82) is 0 Å². The minimum absolute atomic E-state index is 0.0882. The first-order chi connectivity index (χ1) is 33.1. The van der Waals surface area contributed by atoms with Crippen molar-refractivity contribution in [3.8, 4) is 45.3 Å². The molecule has 5 atom stereocenters. The second-order valence-corrected chi connectivity index (χ2v) is 16.7. The highest BCUT2D eigenvalue weighted by atomic mass is 16.7. The van der Waals surface area contributed by atoms with Crippen LogP contribution in [-0.2, 0) is 28.4 Å². The average Bonchev–Trinajstić information content (AvgIpc) is 3.78. The lowest BCUT2D eigenvalue weighted by Crippen LogP contribution is -2.36. The Labute approximate surface area is 392 Å². The Morgan fingerprint density at radius 1 is 0.500 bits per heavy atom. The summed E-state index contributed by atoms with van der Waals surface area (Å²) in [5.41, 5.74) is 4.76. The van der Waals surface area contributed by atoms with Crippen molar-refractivity contribution in [3.63, 3.8) is 0 Å². The molecular formula is C54H48O14. The van der Waals surface area contributed by atoms with Gasteiger partial charge in [0.2, 0.25) is 0 Å². The number of epoxide rings is 1. The summed E-state index contributed by atoms with van der Waals surface area (Å²) in [7, 11) is 1.56. The second-order valence-electron chi connectivity index (χ2n) is 16.7. The fraction of sp³-hybridized carbons (Fsp3) is 0.259. The standard InChI is InChI=1S/C54H48O14/c1-54(33-64-54)32-60-28-3-29-61-43-22-18-41(19-23-43)51(56)66-45-26-14-37(15-27-45)35-6-10-39(11-7-35)53(58)68-47-31-63-48-46(30-62-49(47)48)67-52(57)38-8-4-34(5-9-38)36-12-24-44(25-13-36)65-50(55)40-16-20-42(59-2)21-17-40/h4-27,46-49H,3,28-33H2,1-2H3. The first-order valence-electron chi connectivity index (χ1n) is 22.2. The number of benzene rings is 6. The van der Waals surface area contributed by atoms with Gasteiger partial charge in [-0.1, -0.05) is 48.5 Å². The van der Waals surface area contributed by atoms with Crippen LogP contribution in [0.15, 0.2) is 146 Å². The van der Waals surface area contributed by atoms with Crippen LogP contribution in [0, 0.1) is 0 Å². The number of hydrogen-bond acceptors (Lipinski definition) is 14. The predicted molar refractivity (Wildman–Crippen MR) is 246 cm³/mol. The van der Waals surface area contributed by atoms with Gasteiger partial charge >= 0.3 is 23.9 Å². The minimum atomic E-state index is -0.693. The van der Waals surface area contributed by atoms with Gasteiger partial charge in [-0.2, -0.15) is 0 Å². The van der Waals surface area contributed by atoms with Crippen molar-refractivity contribution in [2.75, 3.05) is 46.8 Å². The molecule has 3 aliphatic rings. The van der Waals surface area contributed by atoms with Crippen molar-refractivity contribution in [2.45, 2.75) is 43.4 Å². The molecule has 348 valence electrons. The summed E-state index contributed by atoms with van der Waals surface area (Å²) < 4.78 is 56.4. The molecule has 0 bridgehead atoms. The smallest absolute Gasteiger partial charge is 0.343 e. The number of hydrogen-bond donors (Lipinski definition) is 0. The van der Waals surface area contributed by atoms with Gasteiger partial charge in [-0.3, -0.25) is 0 Å². The van der Waals surface area contributed by atoms with E-state index in [1.807, 2.05) is 31.2 Å². The molecule has 5 unspecified atom stereocenters. The number of esters is 4. The maximum Gasteiger partial charge on any atom is 0.343 e. The van der Waals surface area contributed by atoms with Crippen LogP contribution in [-0.4, -0.2) is 101 Å². The molecule has 0 radical (unpaired) electrons. The molecule has 14 heteroatoms. The van der Waals surface area contributed by atoms with Crippen LogP contribution < -0.4 is 18.9 Å². The van der Waals surface area contributed by atoms with Gasteiger partial charge in [-0.05, 0) is 126 Å². The Kier molecular flexibility index (Phi) is 13.9. The molecule has 6 aromatic rings. The van der Waals surface area contributed by atoms with E-state index < -0.39 is 48.3 Å². The fourth-order valence-corrected chi connectivity index (χ4v) is 7.66.